The van der Waals surface area contributed by atoms with Crippen molar-refractivity contribution in [3.8, 4) is 0 Å². The van der Waals surface area contributed by atoms with Gasteiger partial charge in [-0.2, -0.15) is 5.10 Å². The van der Waals surface area contributed by atoms with E-state index >= 15 is 0 Å². The van der Waals surface area contributed by atoms with E-state index in [0.29, 0.717) is 10.8 Å². The smallest absolute Gasteiger partial charge is 0.230 e. The van der Waals surface area contributed by atoms with Crippen LogP contribution in [0.3, 0.4) is 0 Å². The third-order valence-corrected chi connectivity index (χ3v) is 4.45. The van der Waals surface area contributed by atoms with Crippen molar-refractivity contribution in [2.24, 2.45) is 5.10 Å². The van der Waals surface area contributed by atoms with Gasteiger partial charge in [-0.3, -0.25) is 14.7 Å². The number of hydrogen-bond donors (Lipinski definition) is 0. The molecule has 3 aromatic rings. The number of carbonyl (C=O) groups excluding carboxylic acids is 1. The predicted molar refractivity (Wildman–Crippen MR) is 104 cm³/mol. The molecule has 5 nitrogen and oxygen atoms in total. The first-order valence-corrected chi connectivity index (χ1v) is 8.78. The van der Waals surface area contributed by atoms with Gasteiger partial charge in [-0.05, 0) is 24.3 Å². The van der Waals surface area contributed by atoms with E-state index in [1.807, 2.05) is 37.4 Å². The summed E-state index contributed by atoms with van der Waals surface area (Å²) in [7, 11) is 1.83. The van der Waals surface area contributed by atoms with Crippen molar-refractivity contribution in [1.29, 1.82) is 0 Å². The summed E-state index contributed by atoms with van der Waals surface area (Å²) in [6.45, 7) is 1.38. The maximum Gasteiger partial charge on any atom is 0.230 e. The van der Waals surface area contributed by atoms with Gasteiger partial charge in [-0.15, -0.1) is 11.3 Å². The minimum Gasteiger partial charge on any atom is -0.274 e. The number of halogens is 1. The van der Waals surface area contributed by atoms with Gasteiger partial charge in [0.2, 0.25) is 5.91 Å². The van der Waals surface area contributed by atoms with Crippen LogP contribution >= 0.6 is 11.3 Å². The molecule has 0 atom stereocenters. The van der Waals surface area contributed by atoms with E-state index in [0.717, 1.165) is 5.69 Å². The van der Waals surface area contributed by atoms with Gasteiger partial charge in [0.15, 0.2) is 5.13 Å². The first-order chi connectivity index (χ1) is 12.6. The second kappa shape index (κ2) is 7.88. The van der Waals surface area contributed by atoms with Crippen LogP contribution in [-0.4, -0.2) is 24.2 Å². The average Bonchev–Trinajstić information content (AvgIpc) is 3.10. The van der Waals surface area contributed by atoms with Crippen molar-refractivity contribution in [3.63, 3.8) is 0 Å². The molecule has 1 amide bonds. The molecule has 0 aliphatic carbocycles. The number of carbonyl (C=O) groups is 1. The zero-order chi connectivity index (χ0) is 18.5. The number of hydrazone groups is 1. The zero-order valence-corrected chi connectivity index (χ0v) is 15.2. The quantitative estimate of drug-likeness (QED) is 0.494. The monoisotopic (exact) mass is 368 g/mol. The van der Waals surface area contributed by atoms with E-state index in [2.05, 4.69) is 10.1 Å². The zero-order valence-electron chi connectivity index (χ0n) is 14.3. The molecule has 0 aliphatic rings. The molecule has 0 bridgehead atoms. The second-order valence-corrected chi connectivity index (χ2v) is 6.30. The van der Waals surface area contributed by atoms with Crippen LogP contribution in [0.5, 0.6) is 0 Å². The Morgan fingerprint density at radius 3 is 2.54 bits per heavy atom. The van der Waals surface area contributed by atoms with E-state index in [1.54, 1.807) is 34.8 Å². The second-order valence-electron chi connectivity index (χ2n) is 5.46. The Labute approximate surface area is 155 Å². The van der Waals surface area contributed by atoms with Crippen LogP contribution in [0.2, 0.25) is 0 Å². The molecule has 3 rings (SSSR count). The third-order valence-electron chi connectivity index (χ3n) is 3.60. The molecule has 0 radical (unpaired) electrons. The van der Waals surface area contributed by atoms with E-state index in [4.69, 9.17) is 0 Å². The summed E-state index contributed by atoms with van der Waals surface area (Å²) in [6, 6.07) is 15.8. The lowest BCUT2D eigenvalue weighted by atomic mass is 10.3. The Balaban J connectivity index is 1.83. The molecule has 0 saturated carbocycles. The Hall–Kier alpha value is -3.06. The lowest BCUT2D eigenvalue weighted by Gasteiger charge is -2.18. The number of hydrogen-bond acceptors (Lipinski definition) is 5. The highest BCUT2D eigenvalue weighted by Gasteiger charge is 2.20. The standard InChI is InChI=1S/C19H17FN4OS/c1-14(25)24(18-11-7-6-10-17(18)20)19-22-15(13-26-19)12-21-23(2)16-8-4-3-5-9-16/h3-13H,1-2H3/b21-12-. The summed E-state index contributed by atoms with van der Waals surface area (Å²) in [6.07, 6.45) is 1.60. The van der Waals surface area contributed by atoms with Crippen molar-refractivity contribution in [2.75, 3.05) is 17.0 Å². The predicted octanol–water partition coefficient (Wildman–Crippen LogP) is 4.44. The van der Waals surface area contributed by atoms with Gasteiger partial charge in [0.05, 0.1) is 23.3 Å². The Morgan fingerprint density at radius 2 is 1.85 bits per heavy atom. The number of rotatable bonds is 5. The van der Waals surface area contributed by atoms with E-state index in [9.17, 15) is 9.18 Å². The number of thiazole rings is 1. The van der Waals surface area contributed by atoms with Crippen LogP contribution in [0.4, 0.5) is 20.9 Å². The minimum absolute atomic E-state index is 0.180. The molecule has 0 N–H and O–H groups in total. The summed E-state index contributed by atoms with van der Waals surface area (Å²) in [5.74, 6) is -0.786. The molecular weight excluding hydrogens is 351 g/mol. The SMILES string of the molecule is CC(=O)N(c1nc(/C=N\N(C)c2ccccc2)cs1)c1ccccc1F. The molecule has 0 saturated heterocycles. The number of anilines is 3. The normalized spacial score (nSPS) is 10.9. The van der Waals surface area contributed by atoms with Crippen LogP contribution in [0.1, 0.15) is 12.6 Å². The molecule has 0 fully saturated rings. The number of nitrogens with zero attached hydrogens (tertiary/aromatic N) is 4. The van der Waals surface area contributed by atoms with Crippen LogP contribution < -0.4 is 9.91 Å². The van der Waals surface area contributed by atoms with Gasteiger partial charge >= 0.3 is 0 Å². The highest BCUT2D eigenvalue weighted by Crippen LogP contribution is 2.30. The fourth-order valence-electron chi connectivity index (χ4n) is 2.33. The number of benzene rings is 2. The molecule has 7 heteroatoms. The third kappa shape index (κ3) is 3.94. The fourth-order valence-corrected chi connectivity index (χ4v) is 3.16. The maximum absolute atomic E-state index is 14.1. The summed E-state index contributed by atoms with van der Waals surface area (Å²) >= 11 is 1.25. The topological polar surface area (TPSA) is 48.8 Å². The lowest BCUT2D eigenvalue weighted by molar-refractivity contribution is -0.115. The molecular formula is C19H17FN4OS. The molecule has 0 unspecified atom stereocenters. The van der Waals surface area contributed by atoms with Crippen molar-refractivity contribution in [2.45, 2.75) is 6.92 Å². The van der Waals surface area contributed by atoms with Gasteiger partial charge < -0.3 is 0 Å². The van der Waals surface area contributed by atoms with Crippen LogP contribution in [0, 0.1) is 5.82 Å². The van der Waals surface area contributed by atoms with E-state index in [1.165, 1.54) is 29.2 Å². The molecule has 26 heavy (non-hydrogen) atoms. The summed E-state index contributed by atoms with van der Waals surface area (Å²) in [4.78, 5) is 17.7. The molecule has 1 aromatic heterocycles. The minimum atomic E-state index is -0.475. The van der Waals surface area contributed by atoms with Gasteiger partial charge in [-0.1, -0.05) is 30.3 Å². The molecule has 1 heterocycles. The lowest BCUT2D eigenvalue weighted by Crippen LogP contribution is -2.23. The Kier molecular flexibility index (Phi) is 5.38. The average molecular weight is 368 g/mol. The molecule has 0 aliphatic heterocycles. The first-order valence-electron chi connectivity index (χ1n) is 7.90. The number of aromatic nitrogens is 1. The van der Waals surface area contributed by atoms with Crippen molar-refractivity contribution < 1.29 is 9.18 Å². The van der Waals surface area contributed by atoms with E-state index < -0.39 is 5.82 Å². The molecule has 0 spiro atoms. The van der Waals surface area contributed by atoms with Crippen LogP contribution in [0.15, 0.2) is 65.1 Å². The van der Waals surface area contributed by atoms with Crippen molar-refractivity contribution in [3.05, 3.63) is 71.5 Å². The van der Waals surface area contributed by atoms with Crippen LogP contribution in [0.25, 0.3) is 0 Å². The first kappa shape index (κ1) is 17.8. The Morgan fingerprint density at radius 1 is 1.15 bits per heavy atom. The Bertz CT molecular complexity index is 926. The fraction of sp³-hybridized carbons (Fsp3) is 0.105. The van der Waals surface area contributed by atoms with Gasteiger partial charge in [-0.25, -0.2) is 9.37 Å². The summed E-state index contributed by atoms with van der Waals surface area (Å²) < 4.78 is 14.1. The number of amides is 1. The van der Waals surface area contributed by atoms with Gasteiger partial charge in [0.1, 0.15) is 5.82 Å². The van der Waals surface area contributed by atoms with Crippen molar-refractivity contribution in [1.82, 2.24) is 4.98 Å². The van der Waals surface area contributed by atoms with Gasteiger partial charge in [0, 0.05) is 19.4 Å². The summed E-state index contributed by atoms with van der Waals surface area (Å²) in [5.41, 5.74) is 1.71. The maximum atomic E-state index is 14.1. The van der Waals surface area contributed by atoms with Crippen LogP contribution in [-0.2, 0) is 4.79 Å². The highest BCUT2D eigenvalue weighted by atomic mass is 32.1. The van der Waals surface area contributed by atoms with E-state index in [-0.39, 0.29) is 11.6 Å². The number of para-hydroxylation sites is 2. The van der Waals surface area contributed by atoms with Gasteiger partial charge in [0.25, 0.3) is 0 Å². The van der Waals surface area contributed by atoms with Crippen molar-refractivity contribution >= 4 is 40.0 Å². The summed E-state index contributed by atoms with van der Waals surface area (Å²) in [5, 5.41) is 8.24. The molecule has 132 valence electrons. The highest BCUT2D eigenvalue weighted by molar-refractivity contribution is 7.14. The molecule has 2 aromatic carbocycles. The largest absolute Gasteiger partial charge is 0.274 e.